The quantitative estimate of drug-likeness (QED) is 0.0772. The van der Waals surface area contributed by atoms with Crippen molar-refractivity contribution in [2.75, 3.05) is 4.90 Å². The normalized spacial score (nSPS) is 21.9. The first-order valence-electron chi connectivity index (χ1n) is 14.8. The van der Waals surface area contributed by atoms with E-state index in [-0.39, 0.29) is 44.7 Å². The molecule has 1 aromatic heterocycles. The second-order valence-corrected chi connectivity index (χ2v) is 14.7. The maximum Gasteiger partial charge on any atom is 0.339 e. The summed E-state index contributed by atoms with van der Waals surface area (Å²) in [5.74, 6) is -1.88. The van der Waals surface area contributed by atoms with Crippen molar-refractivity contribution >= 4 is 87.9 Å². The van der Waals surface area contributed by atoms with E-state index in [1.807, 2.05) is 25.1 Å². The first-order chi connectivity index (χ1) is 21.7. The zero-order valence-corrected chi connectivity index (χ0v) is 29.0. The molecule has 0 radical (unpaired) electrons. The topological polar surface area (TPSA) is 93.6 Å². The Labute approximate surface area is 286 Å². The van der Waals surface area contributed by atoms with Gasteiger partial charge in [-0.05, 0) is 55.7 Å². The number of hydrogen-bond donors (Lipinski definition) is 0. The molecule has 4 aromatic rings. The summed E-state index contributed by atoms with van der Waals surface area (Å²) in [7, 11) is 0. The lowest BCUT2D eigenvalue weighted by atomic mass is 9.81. The van der Waals surface area contributed by atoms with Gasteiger partial charge in [0.1, 0.15) is 0 Å². The number of halogens is 3. The number of imide groups is 1. The standard InChI is InChI=1S/C35H29Br3N2O5/c1-2-6-31(32(41)20-7-4-3-5-8-20)45-35(44)26-18-30(39-29-14-11-21(36)15-23(26)29)19-9-12-22(13-10-19)40-33(42)24-16-27(37)28(38)17-25(24)34(40)43/h3-5,7-15,18,24-25,27-28,31H,2,6,16-17H2,1H3. The molecule has 6 rings (SSSR count). The highest BCUT2D eigenvalue weighted by Gasteiger charge is 2.52. The van der Waals surface area contributed by atoms with E-state index < -0.39 is 12.1 Å². The number of Topliss-reactive ketones (excluding diaryl/α,β-unsaturated/α-hetero) is 1. The van der Waals surface area contributed by atoms with E-state index in [0.29, 0.717) is 59.1 Å². The lowest BCUT2D eigenvalue weighted by Crippen LogP contribution is -2.34. The van der Waals surface area contributed by atoms with Crippen LogP contribution < -0.4 is 4.90 Å². The van der Waals surface area contributed by atoms with Gasteiger partial charge in [0, 0.05) is 30.6 Å². The van der Waals surface area contributed by atoms with Crippen LogP contribution in [0.25, 0.3) is 22.2 Å². The van der Waals surface area contributed by atoms with Gasteiger partial charge < -0.3 is 4.74 Å². The number of anilines is 1. The van der Waals surface area contributed by atoms with E-state index in [2.05, 4.69) is 47.8 Å². The predicted molar refractivity (Wildman–Crippen MR) is 184 cm³/mol. The molecule has 1 saturated carbocycles. The van der Waals surface area contributed by atoms with Gasteiger partial charge in [-0.2, -0.15) is 0 Å². The molecule has 0 N–H and O–H groups in total. The molecule has 2 aliphatic rings. The summed E-state index contributed by atoms with van der Waals surface area (Å²) in [6.07, 6.45) is 1.33. The number of amides is 2. The number of rotatable bonds is 8. The maximum absolute atomic E-state index is 13.7. The molecule has 2 fully saturated rings. The zero-order chi connectivity index (χ0) is 31.8. The zero-order valence-electron chi connectivity index (χ0n) is 24.3. The molecule has 3 aromatic carbocycles. The Morgan fingerprint density at radius 2 is 1.56 bits per heavy atom. The van der Waals surface area contributed by atoms with Crippen LogP contribution in [0.15, 0.2) is 83.3 Å². The number of carbonyl (C=O) groups is 4. The predicted octanol–water partition coefficient (Wildman–Crippen LogP) is 8.30. The average Bonchev–Trinajstić information content (AvgIpc) is 3.28. The smallest absolute Gasteiger partial charge is 0.339 e. The van der Waals surface area contributed by atoms with Crippen LogP contribution in [-0.2, 0) is 14.3 Å². The molecule has 45 heavy (non-hydrogen) atoms. The lowest BCUT2D eigenvalue weighted by Gasteiger charge is -2.29. The summed E-state index contributed by atoms with van der Waals surface area (Å²) in [6, 6.07) is 23.0. The molecule has 1 aliphatic heterocycles. The minimum absolute atomic E-state index is 0.132. The number of esters is 1. The van der Waals surface area contributed by atoms with Crippen LogP contribution in [0.5, 0.6) is 0 Å². The van der Waals surface area contributed by atoms with E-state index in [1.54, 1.807) is 60.7 Å². The molecule has 230 valence electrons. The molecular weight excluding hydrogens is 768 g/mol. The van der Waals surface area contributed by atoms with Crippen LogP contribution in [0.3, 0.4) is 0 Å². The number of ketones is 1. The minimum atomic E-state index is -0.929. The summed E-state index contributed by atoms with van der Waals surface area (Å²) in [5.41, 5.74) is 3.06. The molecule has 0 bridgehead atoms. The van der Waals surface area contributed by atoms with Gasteiger partial charge in [0.2, 0.25) is 17.6 Å². The van der Waals surface area contributed by atoms with Gasteiger partial charge in [0.05, 0.1) is 34.3 Å². The third-order valence-electron chi connectivity index (χ3n) is 8.47. The summed E-state index contributed by atoms with van der Waals surface area (Å²) in [5, 5.41) is 0.586. The molecule has 1 saturated heterocycles. The molecule has 0 spiro atoms. The Morgan fingerprint density at radius 1 is 0.911 bits per heavy atom. The van der Waals surface area contributed by atoms with Crippen LogP contribution >= 0.6 is 47.8 Å². The SMILES string of the molecule is CCCC(OC(=O)c1cc(-c2ccc(N3C(=O)C4CC(Br)C(Br)CC4C3=O)cc2)nc2ccc(Br)cc12)C(=O)c1ccccc1. The van der Waals surface area contributed by atoms with Gasteiger partial charge in [-0.3, -0.25) is 19.3 Å². The van der Waals surface area contributed by atoms with Gasteiger partial charge in [0.15, 0.2) is 6.10 Å². The van der Waals surface area contributed by atoms with Crippen molar-refractivity contribution in [3.8, 4) is 11.3 Å². The fourth-order valence-electron chi connectivity index (χ4n) is 6.13. The first kappa shape index (κ1) is 31.8. The number of benzene rings is 3. The van der Waals surface area contributed by atoms with E-state index in [4.69, 9.17) is 9.72 Å². The molecule has 2 heterocycles. The molecule has 5 unspecified atom stereocenters. The van der Waals surface area contributed by atoms with E-state index in [1.165, 1.54) is 4.90 Å². The number of pyridine rings is 1. The fourth-order valence-corrected chi connectivity index (χ4v) is 7.73. The first-order valence-corrected chi connectivity index (χ1v) is 17.5. The maximum atomic E-state index is 13.7. The summed E-state index contributed by atoms with van der Waals surface area (Å²) >= 11 is 10.8. The Hall–Kier alpha value is -3.21. The molecule has 7 nitrogen and oxygen atoms in total. The third kappa shape index (κ3) is 6.29. The van der Waals surface area contributed by atoms with Crippen LogP contribution in [0.4, 0.5) is 5.69 Å². The number of nitrogens with zero attached hydrogens (tertiary/aromatic N) is 2. The molecule has 1 aliphatic carbocycles. The van der Waals surface area contributed by atoms with Gasteiger partial charge in [-0.1, -0.05) is 104 Å². The molecule has 5 atom stereocenters. The number of hydrogen-bond acceptors (Lipinski definition) is 6. The Bertz CT molecular complexity index is 1770. The van der Waals surface area contributed by atoms with Gasteiger partial charge in [-0.15, -0.1) is 0 Å². The van der Waals surface area contributed by atoms with Gasteiger partial charge >= 0.3 is 5.97 Å². The van der Waals surface area contributed by atoms with Crippen molar-refractivity contribution in [1.29, 1.82) is 0 Å². The van der Waals surface area contributed by atoms with Crippen molar-refractivity contribution in [2.45, 2.75) is 48.4 Å². The van der Waals surface area contributed by atoms with Crippen molar-refractivity contribution < 1.29 is 23.9 Å². The lowest BCUT2D eigenvalue weighted by molar-refractivity contribution is -0.122. The van der Waals surface area contributed by atoms with Crippen LogP contribution in [0.1, 0.15) is 53.3 Å². The molecule has 2 amide bonds. The number of ether oxygens (including phenoxy) is 1. The van der Waals surface area contributed by atoms with E-state index >= 15 is 0 Å². The van der Waals surface area contributed by atoms with Gasteiger partial charge in [-0.25, -0.2) is 9.78 Å². The Balaban J connectivity index is 1.31. The highest BCUT2D eigenvalue weighted by Crippen LogP contribution is 2.44. The Morgan fingerprint density at radius 3 is 2.18 bits per heavy atom. The van der Waals surface area contributed by atoms with Crippen molar-refractivity contribution in [1.82, 2.24) is 4.98 Å². The highest BCUT2D eigenvalue weighted by atomic mass is 79.9. The largest absolute Gasteiger partial charge is 0.450 e. The average molecular weight is 797 g/mol. The van der Waals surface area contributed by atoms with Crippen LogP contribution in [0.2, 0.25) is 0 Å². The van der Waals surface area contributed by atoms with Crippen molar-refractivity contribution in [3.63, 3.8) is 0 Å². The number of aromatic nitrogens is 1. The van der Waals surface area contributed by atoms with Crippen LogP contribution in [0, 0.1) is 11.8 Å². The number of carbonyl (C=O) groups excluding carboxylic acids is 4. The molecule has 10 heteroatoms. The number of alkyl halides is 2. The van der Waals surface area contributed by atoms with Gasteiger partial charge in [0.25, 0.3) is 0 Å². The monoisotopic (exact) mass is 794 g/mol. The highest BCUT2D eigenvalue weighted by molar-refractivity contribution is 9.12. The van der Waals surface area contributed by atoms with E-state index in [9.17, 15) is 19.2 Å². The molecular formula is C35H29Br3N2O5. The minimum Gasteiger partial charge on any atom is -0.450 e. The fraction of sp³-hybridized carbons (Fsp3) is 0.286. The van der Waals surface area contributed by atoms with Crippen molar-refractivity contribution in [3.05, 3.63) is 94.5 Å². The summed E-state index contributed by atoms with van der Waals surface area (Å²) in [6.45, 7) is 1.94. The van der Waals surface area contributed by atoms with E-state index in [0.717, 1.165) is 4.47 Å². The second kappa shape index (κ2) is 13.3. The number of fused-ring (bicyclic) bond motifs is 2. The van der Waals surface area contributed by atoms with Crippen LogP contribution in [-0.4, -0.2) is 44.3 Å². The third-order valence-corrected chi connectivity index (χ3v) is 11.7. The van der Waals surface area contributed by atoms with Crippen molar-refractivity contribution in [2.24, 2.45) is 11.8 Å². The summed E-state index contributed by atoms with van der Waals surface area (Å²) in [4.78, 5) is 60.0. The second-order valence-electron chi connectivity index (χ2n) is 11.4. The Kier molecular flexibility index (Phi) is 9.36. The summed E-state index contributed by atoms with van der Waals surface area (Å²) < 4.78 is 6.65.